The molecule has 1 amide bonds. The van der Waals surface area contributed by atoms with Crippen LogP contribution in [-0.4, -0.2) is 22.4 Å². The second-order valence-electron chi connectivity index (χ2n) is 4.33. The van der Waals surface area contributed by atoms with Crippen molar-refractivity contribution in [1.29, 1.82) is 0 Å². The number of nitrogens with one attached hydrogen (secondary N) is 1. The highest BCUT2D eigenvalue weighted by molar-refractivity contribution is 7.09. The summed E-state index contributed by atoms with van der Waals surface area (Å²) < 4.78 is 0. The van der Waals surface area contributed by atoms with Crippen molar-refractivity contribution < 1.29 is 9.72 Å². The van der Waals surface area contributed by atoms with E-state index in [9.17, 15) is 14.9 Å². The summed E-state index contributed by atoms with van der Waals surface area (Å²) in [5, 5.41) is 16.0. The van der Waals surface area contributed by atoms with E-state index < -0.39 is 10.8 Å². The van der Waals surface area contributed by atoms with Crippen molar-refractivity contribution in [3.8, 4) is 0 Å². The van der Waals surface area contributed by atoms with Gasteiger partial charge in [-0.15, -0.1) is 11.3 Å². The normalized spacial score (nSPS) is 10.4. The Hall–Kier alpha value is -2.32. The van der Waals surface area contributed by atoms with Gasteiger partial charge in [-0.3, -0.25) is 14.9 Å². The molecule has 0 aliphatic carbocycles. The molecule has 0 aliphatic rings. The summed E-state index contributed by atoms with van der Waals surface area (Å²) in [7, 11) is 0. The van der Waals surface area contributed by atoms with Crippen LogP contribution in [0.1, 0.15) is 21.1 Å². The molecule has 8 heteroatoms. The summed E-state index contributed by atoms with van der Waals surface area (Å²) in [5.41, 5.74) is 6.51. The maximum atomic E-state index is 12.1. The monoisotopic (exact) mass is 306 g/mol. The Morgan fingerprint density at radius 1 is 1.52 bits per heavy atom. The predicted molar refractivity (Wildman–Crippen MR) is 80.7 cm³/mol. The molecule has 3 N–H and O–H groups in total. The van der Waals surface area contributed by atoms with Gasteiger partial charge in [0.25, 0.3) is 11.6 Å². The molecule has 21 heavy (non-hydrogen) atoms. The van der Waals surface area contributed by atoms with Crippen molar-refractivity contribution in [2.75, 3.05) is 11.9 Å². The Morgan fingerprint density at radius 3 is 2.95 bits per heavy atom. The second kappa shape index (κ2) is 6.42. The van der Waals surface area contributed by atoms with Crippen molar-refractivity contribution in [3.63, 3.8) is 0 Å². The third-order valence-corrected chi connectivity index (χ3v) is 3.80. The zero-order valence-electron chi connectivity index (χ0n) is 11.3. The summed E-state index contributed by atoms with van der Waals surface area (Å²) in [5.74, 6) is -0.391. The molecule has 1 aromatic carbocycles. The van der Waals surface area contributed by atoms with E-state index in [0.717, 1.165) is 5.01 Å². The van der Waals surface area contributed by atoms with Gasteiger partial charge in [0, 0.05) is 17.9 Å². The number of benzene rings is 1. The van der Waals surface area contributed by atoms with Gasteiger partial charge in [-0.2, -0.15) is 0 Å². The van der Waals surface area contributed by atoms with E-state index in [1.807, 2.05) is 0 Å². The van der Waals surface area contributed by atoms with Gasteiger partial charge < -0.3 is 11.1 Å². The number of carbonyl (C=O) groups is 1. The number of rotatable bonds is 5. The van der Waals surface area contributed by atoms with Crippen molar-refractivity contribution in [2.24, 2.45) is 5.73 Å². The Bertz CT molecular complexity index is 684. The molecule has 1 heterocycles. The van der Waals surface area contributed by atoms with Crippen LogP contribution in [0.3, 0.4) is 0 Å². The van der Waals surface area contributed by atoms with E-state index in [1.165, 1.54) is 23.5 Å². The first-order chi connectivity index (χ1) is 10.0. The van der Waals surface area contributed by atoms with Gasteiger partial charge in [-0.05, 0) is 19.5 Å². The van der Waals surface area contributed by atoms with Gasteiger partial charge >= 0.3 is 0 Å². The highest BCUT2D eigenvalue weighted by Gasteiger charge is 2.16. The molecule has 7 nitrogen and oxygen atoms in total. The Morgan fingerprint density at radius 2 is 2.29 bits per heavy atom. The minimum atomic E-state index is -0.479. The molecule has 0 bridgehead atoms. The Kier molecular flexibility index (Phi) is 4.61. The summed E-state index contributed by atoms with van der Waals surface area (Å²) in [4.78, 5) is 26.7. The van der Waals surface area contributed by atoms with Crippen LogP contribution in [0, 0.1) is 17.0 Å². The molecular formula is C13H14N4O3S. The number of amides is 1. The molecular weight excluding hydrogens is 292 g/mol. The van der Waals surface area contributed by atoms with E-state index in [4.69, 9.17) is 5.73 Å². The van der Waals surface area contributed by atoms with Gasteiger partial charge in [0.15, 0.2) is 0 Å². The summed E-state index contributed by atoms with van der Waals surface area (Å²) in [6.07, 6.45) is 0.619. The maximum Gasteiger partial charge on any atom is 0.275 e. The summed E-state index contributed by atoms with van der Waals surface area (Å²) in [6.45, 7) is 2.06. The van der Waals surface area contributed by atoms with Gasteiger partial charge in [-0.25, -0.2) is 4.98 Å². The molecule has 0 radical (unpaired) electrons. The molecule has 0 atom stereocenters. The minimum Gasteiger partial charge on any atom is -0.330 e. The molecule has 0 saturated heterocycles. The Balaban J connectivity index is 2.19. The van der Waals surface area contributed by atoms with Crippen molar-refractivity contribution in [3.05, 3.63) is 50.0 Å². The molecule has 0 spiro atoms. The number of nitro benzene ring substituents is 1. The number of hydrogen-bond acceptors (Lipinski definition) is 6. The van der Waals surface area contributed by atoms with Crippen molar-refractivity contribution in [1.82, 2.24) is 4.98 Å². The largest absolute Gasteiger partial charge is 0.330 e. The fourth-order valence-corrected chi connectivity index (χ4v) is 2.59. The van der Waals surface area contributed by atoms with Gasteiger partial charge in [0.1, 0.15) is 5.69 Å². The standard InChI is InChI=1S/C13H14N4O3S/c1-8-9(3-2-4-11(8)17(19)20)16-13(18)10-7-21-12(15-10)5-6-14/h2-4,7H,5-6,14H2,1H3,(H,16,18). The fraction of sp³-hybridized carbons (Fsp3) is 0.231. The van der Waals surface area contributed by atoms with Crippen molar-refractivity contribution >= 4 is 28.6 Å². The average Bonchev–Trinajstić information content (AvgIpc) is 2.90. The van der Waals surface area contributed by atoms with Crippen LogP contribution in [-0.2, 0) is 6.42 Å². The second-order valence-corrected chi connectivity index (χ2v) is 5.27. The maximum absolute atomic E-state index is 12.1. The lowest BCUT2D eigenvalue weighted by atomic mass is 10.1. The smallest absolute Gasteiger partial charge is 0.275 e. The number of nitrogens with zero attached hydrogens (tertiary/aromatic N) is 2. The third kappa shape index (κ3) is 3.41. The first-order valence-electron chi connectivity index (χ1n) is 6.22. The minimum absolute atomic E-state index is 0.0325. The quantitative estimate of drug-likeness (QED) is 0.649. The fourth-order valence-electron chi connectivity index (χ4n) is 1.80. The lowest BCUT2D eigenvalue weighted by Gasteiger charge is -2.07. The van der Waals surface area contributed by atoms with E-state index in [2.05, 4.69) is 10.3 Å². The lowest BCUT2D eigenvalue weighted by molar-refractivity contribution is -0.385. The molecule has 1 aromatic heterocycles. The summed E-state index contributed by atoms with van der Waals surface area (Å²) in [6, 6.07) is 4.54. The van der Waals surface area contributed by atoms with Crippen LogP contribution in [0.4, 0.5) is 11.4 Å². The van der Waals surface area contributed by atoms with Crippen LogP contribution in [0.2, 0.25) is 0 Å². The molecule has 0 saturated carbocycles. The van der Waals surface area contributed by atoms with Crippen LogP contribution in [0.5, 0.6) is 0 Å². The number of nitrogens with two attached hydrogens (primary N) is 1. The van der Waals surface area contributed by atoms with Gasteiger partial charge in [0.05, 0.1) is 21.2 Å². The van der Waals surface area contributed by atoms with E-state index in [1.54, 1.807) is 18.4 Å². The molecule has 0 fully saturated rings. The number of hydrogen-bond donors (Lipinski definition) is 2. The van der Waals surface area contributed by atoms with E-state index in [0.29, 0.717) is 24.2 Å². The highest BCUT2D eigenvalue weighted by atomic mass is 32.1. The Labute approximate surface area is 125 Å². The van der Waals surface area contributed by atoms with E-state index in [-0.39, 0.29) is 11.4 Å². The topological polar surface area (TPSA) is 111 Å². The van der Waals surface area contributed by atoms with Gasteiger partial charge in [0.2, 0.25) is 0 Å². The molecule has 2 rings (SSSR count). The first-order valence-corrected chi connectivity index (χ1v) is 7.10. The summed E-state index contributed by atoms with van der Waals surface area (Å²) >= 11 is 1.37. The molecule has 110 valence electrons. The van der Waals surface area contributed by atoms with E-state index >= 15 is 0 Å². The van der Waals surface area contributed by atoms with Crippen LogP contribution in [0.15, 0.2) is 23.6 Å². The van der Waals surface area contributed by atoms with Gasteiger partial charge in [-0.1, -0.05) is 6.07 Å². The zero-order valence-corrected chi connectivity index (χ0v) is 12.1. The lowest BCUT2D eigenvalue weighted by Crippen LogP contribution is -2.14. The van der Waals surface area contributed by atoms with Crippen LogP contribution in [0.25, 0.3) is 0 Å². The SMILES string of the molecule is Cc1c(NC(=O)c2csc(CCN)n2)cccc1[N+](=O)[O-]. The number of anilines is 1. The van der Waals surface area contributed by atoms with Crippen LogP contribution >= 0.6 is 11.3 Å². The molecule has 0 aliphatic heterocycles. The zero-order chi connectivity index (χ0) is 15.4. The number of thiazole rings is 1. The highest BCUT2D eigenvalue weighted by Crippen LogP contribution is 2.25. The average molecular weight is 306 g/mol. The third-order valence-electron chi connectivity index (χ3n) is 2.89. The van der Waals surface area contributed by atoms with Crippen molar-refractivity contribution in [2.45, 2.75) is 13.3 Å². The predicted octanol–water partition coefficient (Wildman–Crippen LogP) is 2.11. The first kappa shape index (κ1) is 15.1. The van der Waals surface area contributed by atoms with Crippen LogP contribution < -0.4 is 11.1 Å². The number of nitro groups is 1. The molecule has 2 aromatic rings. The number of carbonyl (C=O) groups excluding carboxylic acids is 1. The molecule has 0 unspecified atom stereocenters. The number of aromatic nitrogens is 1.